The number of benzene rings is 2. The fourth-order valence-electron chi connectivity index (χ4n) is 2.53. The molecule has 0 radical (unpaired) electrons. The number of rotatable bonds is 5. The predicted octanol–water partition coefficient (Wildman–Crippen LogP) is 4.44. The number of hydrogen-bond donors (Lipinski definition) is 1. The second kappa shape index (κ2) is 6.86. The van der Waals surface area contributed by atoms with Gasteiger partial charge in [0.1, 0.15) is 5.75 Å². The average molecular weight is 364 g/mol. The van der Waals surface area contributed by atoms with E-state index in [4.69, 9.17) is 4.74 Å². The first-order valence-electron chi connectivity index (χ1n) is 7.05. The monoisotopic (exact) mass is 363 g/mol. The van der Waals surface area contributed by atoms with Crippen LogP contribution in [0.1, 0.15) is 17.0 Å². The summed E-state index contributed by atoms with van der Waals surface area (Å²) in [6.45, 7) is 1.60. The lowest BCUT2D eigenvalue weighted by atomic mass is 10.0. The van der Waals surface area contributed by atoms with Crippen LogP contribution in [0.25, 0.3) is 0 Å². The summed E-state index contributed by atoms with van der Waals surface area (Å²) in [7, 11) is 1.95. The maximum atomic E-state index is 6.03. The van der Waals surface area contributed by atoms with Gasteiger partial charge >= 0.3 is 0 Å². The van der Waals surface area contributed by atoms with E-state index in [-0.39, 0.29) is 0 Å². The van der Waals surface area contributed by atoms with Crippen LogP contribution in [0.4, 0.5) is 0 Å². The second-order valence-corrected chi connectivity index (χ2v) is 7.07. The number of thioether (sulfide) groups is 1. The van der Waals surface area contributed by atoms with E-state index < -0.39 is 0 Å². The van der Waals surface area contributed by atoms with Crippen molar-refractivity contribution in [1.29, 1.82) is 0 Å². The molecule has 0 aromatic heterocycles. The molecule has 3 rings (SSSR count). The molecule has 1 aliphatic rings. The fraction of sp³-hybridized carbons (Fsp3) is 0.294. The van der Waals surface area contributed by atoms with Crippen molar-refractivity contribution < 1.29 is 4.74 Å². The van der Waals surface area contributed by atoms with Crippen LogP contribution in [-0.2, 0) is 6.54 Å². The smallest absolute Gasteiger partial charge is 0.133 e. The van der Waals surface area contributed by atoms with E-state index in [0.29, 0.717) is 5.92 Å². The summed E-state index contributed by atoms with van der Waals surface area (Å²) in [5.41, 5.74) is 2.67. The number of nitrogens with one attached hydrogen (secondary N) is 1. The summed E-state index contributed by atoms with van der Waals surface area (Å²) >= 11 is 5.52. The molecular formula is C17H18BrNOS. The number of halogens is 1. The Morgan fingerprint density at radius 1 is 1.29 bits per heavy atom. The molecule has 0 saturated heterocycles. The normalized spacial score (nSPS) is 16.8. The molecule has 21 heavy (non-hydrogen) atoms. The summed E-state index contributed by atoms with van der Waals surface area (Å²) in [6, 6.07) is 14.9. The largest absolute Gasteiger partial charge is 0.492 e. The minimum absolute atomic E-state index is 0.482. The Balaban J connectivity index is 1.66. The minimum Gasteiger partial charge on any atom is -0.492 e. The Bertz CT molecular complexity index is 632. The topological polar surface area (TPSA) is 21.3 Å². The average Bonchev–Trinajstić information content (AvgIpc) is 2.90. The molecule has 1 atom stereocenters. The Morgan fingerprint density at radius 3 is 2.95 bits per heavy atom. The van der Waals surface area contributed by atoms with Crippen molar-refractivity contribution in [2.75, 3.05) is 19.4 Å². The van der Waals surface area contributed by atoms with Crippen LogP contribution in [0, 0.1) is 0 Å². The van der Waals surface area contributed by atoms with Crippen molar-refractivity contribution in [3.8, 4) is 5.75 Å². The van der Waals surface area contributed by atoms with E-state index in [1.54, 1.807) is 0 Å². The maximum absolute atomic E-state index is 6.03. The van der Waals surface area contributed by atoms with E-state index in [1.165, 1.54) is 16.0 Å². The molecule has 1 aliphatic heterocycles. The molecule has 0 bridgehead atoms. The van der Waals surface area contributed by atoms with Gasteiger partial charge < -0.3 is 10.1 Å². The standard InChI is InChI=1S/C17H18BrNOS/c1-19-9-12-6-7-16(15(18)8-12)20-10-13-11-21-17-5-3-2-4-14(13)17/h2-8,13,19H,9-11H2,1H3. The summed E-state index contributed by atoms with van der Waals surface area (Å²) in [5.74, 6) is 2.51. The van der Waals surface area contributed by atoms with Gasteiger partial charge in [0.15, 0.2) is 0 Å². The van der Waals surface area contributed by atoms with Gasteiger partial charge in [-0.2, -0.15) is 0 Å². The van der Waals surface area contributed by atoms with E-state index >= 15 is 0 Å². The van der Waals surface area contributed by atoms with Crippen LogP contribution in [0.5, 0.6) is 5.75 Å². The van der Waals surface area contributed by atoms with Gasteiger partial charge in [-0.15, -0.1) is 11.8 Å². The molecule has 2 nitrogen and oxygen atoms in total. The van der Waals surface area contributed by atoms with Gasteiger partial charge in [-0.25, -0.2) is 0 Å². The van der Waals surface area contributed by atoms with Crippen molar-refractivity contribution in [1.82, 2.24) is 5.32 Å². The SMILES string of the molecule is CNCc1ccc(OCC2CSc3ccccc32)c(Br)c1. The van der Waals surface area contributed by atoms with Crippen LogP contribution < -0.4 is 10.1 Å². The molecule has 0 fully saturated rings. The molecule has 0 saturated carbocycles. The Hall–Kier alpha value is -0.970. The highest BCUT2D eigenvalue weighted by Crippen LogP contribution is 2.39. The molecule has 2 aromatic carbocycles. The number of hydrogen-bond acceptors (Lipinski definition) is 3. The van der Waals surface area contributed by atoms with Gasteiger partial charge in [-0.05, 0) is 52.3 Å². The third-order valence-electron chi connectivity index (χ3n) is 3.62. The molecule has 0 spiro atoms. The Morgan fingerprint density at radius 2 is 2.14 bits per heavy atom. The number of ether oxygens (including phenoxy) is 1. The molecule has 2 aromatic rings. The lowest BCUT2D eigenvalue weighted by Crippen LogP contribution is -2.10. The van der Waals surface area contributed by atoms with Gasteiger partial charge in [0.2, 0.25) is 0 Å². The molecular weight excluding hydrogens is 346 g/mol. The van der Waals surface area contributed by atoms with Gasteiger partial charge in [0.25, 0.3) is 0 Å². The lowest BCUT2D eigenvalue weighted by molar-refractivity contribution is 0.296. The molecule has 1 heterocycles. The van der Waals surface area contributed by atoms with E-state index in [0.717, 1.165) is 29.1 Å². The van der Waals surface area contributed by atoms with Crippen LogP contribution in [-0.4, -0.2) is 19.4 Å². The zero-order valence-corrected chi connectivity index (χ0v) is 14.3. The van der Waals surface area contributed by atoms with Crippen molar-refractivity contribution >= 4 is 27.7 Å². The van der Waals surface area contributed by atoms with Crippen LogP contribution >= 0.6 is 27.7 Å². The molecule has 4 heteroatoms. The molecule has 0 aliphatic carbocycles. The van der Waals surface area contributed by atoms with E-state index in [2.05, 4.69) is 57.6 Å². The van der Waals surface area contributed by atoms with Gasteiger partial charge in [-0.3, -0.25) is 0 Å². The van der Waals surface area contributed by atoms with Gasteiger partial charge in [0, 0.05) is 23.1 Å². The maximum Gasteiger partial charge on any atom is 0.133 e. The lowest BCUT2D eigenvalue weighted by Gasteiger charge is -2.14. The Kier molecular flexibility index (Phi) is 4.88. The highest BCUT2D eigenvalue weighted by molar-refractivity contribution is 9.10. The highest BCUT2D eigenvalue weighted by atomic mass is 79.9. The van der Waals surface area contributed by atoms with E-state index in [1.807, 2.05) is 24.9 Å². The summed E-state index contributed by atoms with van der Waals surface area (Å²) in [4.78, 5) is 1.40. The van der Waals surface area contributed by atoms with Gasteiger partial charge in [0.05, 0.1) is 11.1 Å². The zero-order chi connectivity index (χ0) is 14.7. The molecule has 110 valence electrons. The highest BCUT2D eigenvalue weighted by Gasteiger charge is 2.23. The summed E-state index contributed by atoms with van der Waals surface area (Å²) in [6.07, 6.45) is 0. The first-order valence-corrected chi connectivity index (χ1v) is 8.83. The summed E-state index contributed by atoms with van der Waals surface area (Å²) < 4.78 is 7.05. The van der Waals surface area contributed by atoms with Crippen molar-refractivity contribution in [2.45, 2.75) is 17.4 Å². The third kappa shape index (κ3) is 3.44. The minimum atomic E-state index is 0.482. The van der Waals surface area contributed by atoms with Gasteiger partial charge in [-0.1, -0.05) is 24.3 Å². The van der Waals surface area contributed by atoms with E-state index in [9.17, 15) is 0 Å². The Labute approximate surface area is 138 Å². The first-order chi connectivity index (χ1) is 10.3. The predicted molar refractivity (Wildman–Crippen MR) is 92.3 cm³/mol. The molecule has 0 amide bonds. The van der Waals surface area contributed by atoms with Crippen LogP contribution in [0.15, 0.2) is 51.8 Å². The third-order valence-corrected chi connectivity index (χ3v) is 5.49. The zero-order valence-electron chi connectivity index (χ0n) is 11.9. The van der Waals surface area contributed by atoms with Crippen molar-refractivity contribution in [3.05, 3.63) is 58.1 Å². The summed E-state index contributed by atoms with van der Waals surface area (Å²) in [5, 5.41) is 3.15. The molecule has 1 N–H and O–H groups in total. The van der Waals surface area contributed by atoms with Crippen molar-refractivity contribution in [2.24, 2.45) is 0 Å². The van der Waals surface area contributed by atoms with Crippen molar-refractivity contribution in [3.63, 3.8) is 0 Å². The quantitative estimate of drug-likeness (QED) is 0.848. The first kappa shape index (κ1) is 14.9. The molecule has 1 unspecified atom stereocenters. The second-order valence-electron chi connectivity index (χ2n) is 5.15. The fourth-order valence-corrected chi connectivity index (χ4v) is 4.31. The number of fused-ring (bicyclic) bond motifs is 1. The van der Waals surface area contributed by atoms with Crippen LogP contribution in [0.3, 0.4) is 0 Å². The van der Waals surface area contributed by atoms with Crippen LogP contribution in [0.2, 0.25) is 0 Å².